The summed E-state index contributed by atoms with van der Waals surface area (Å²) in [5.41, 5.74) is 2.36. The van der Waals surface area contributed by atoms with Gasteiger partial charge >= 0.3 is 0 Å². The number of sulfonamides is 1. The molecule has 0 aliphatic heterocycles. The molecule has 0 atom stereocenters. The van der Waals surface area contributed by atoms with Crippen molar-refractivity contribution in [3.05, 3.63) is 70.0 Å². The molecule has 31 heavy (non-hydrogen) atoms. The predicted molar refractivity (Wildman–Crippen MR) is 123 cm³/mol. The summed E-state index contributed by atoms with van der Waals surface area (Å²) in [4.78, 5) is 25.3. The Labute approximate surface area is 182 Å². The maximum absolute atomic E-state index is 12.7. The summed E-state index contributed by atoms with van der Waals surface area (Å²) < 4.78 is 28.6. The fourth-order valence-electron chi connectivity index (χ4n) is 3.69. The number of pyridine rings is 1. The van der Waals surface area contributed by atoms with Crippen molar-refractivity contribution >= 4 is 32.5 Å². The van der Waals surface area contributed by atoms with Gasteiger partial charge in [-0.3, -0.25) is 9.59 Å². The average molecular weight is 442 g/mol. The second-order valence-corrected chi connectivity index (χ2v) is 9.13. The van der Waals surface area contributed by atoms with E-state index in [1.54, 1.807) is 50.2 Å². The van der Waals surface area contributed by atoms with Crippen LogP contribution in [0.25, 0.3) is 10.9 Å². The molecule has 0 bridgehead atoms. The summed E-state index contributed by atoms with van der Waals surface area (Å²) in [6.45, 7) is 8.95. The van der Waals surface area contributed by atoms with Crippen LogP contribution >= 0.6 is 0 Å². The van der Waals surface area contributed by atoms with Crippen LogP contribution in [0.4, 0.5) is 5.69 Å². The van der Waals surface area contributed by atoms with Crippen LogP contribution in [0.15, 0.2) is 58.2 Å². The number of benzene rings is 2. The highest BCUT2D eigenvalue weighted by atomic mass is 32.2. The van der Waals surface area contributed by atoms with Crippen LogP contribution in [0.2, 0.25) is 0 Å². The molecule has 0 radical (unpaired) electrons. The van der Waals surface area contributed by atoms with Gasteiger partial charge in [0.15, 0.2) is 5.43 Å². The Morgan fingerprint density at radius 2 is 1.65 bits per heavy atom. The number of nitrogens with one attached hydrogen (secondary N) is 1. The molecule has 0 fully saturated rings. The first-order valence-corrected chi connectivity index (χ1v) is 11.7. The molecule has 1 N–H and O–H groups in total. The SMILES string of the molecule is CCN(CC)S(=O)(=O)c1ccc(NC(=O)c2ccc3c(c2)c(=O)cc(C)n3CC)cc1. The van der Waals surface area contributed by atoms with Crippen LogP contribution in [0.3, 0.4) is 0 Å². The minimum atomic E-state index is -3.55. The van der Waals surface area contributed by atoms with E-state index in [-0.39, 0.29) is 16.2 Å². The van der Waals surface area contributed by atoms with E-state index >= 15 is 0 Å². The van der Waals surface area contributed by atoms with Gasteiger partial charge in [-0.15, -0.1) is 0 Å². The summed E-state index contributed by atoms with van der Waals surface area (Å²) >= 11 is 0. The highest BCUT2D eigenvalue weighted by molar-refractivity contribution is 7.89. The summed E-state index contributed by atoms with van der Waals surface area (Å²) in [6.07, 6.45) is 0. The highest BCUT2D eigenvalue weighted by Crippen LogP contribution is 2.20. The fraction of sp³-hybridized carbons (Fsp3) is 0.304. The Balaban J connectivity index is 1.87. The molecule has 2 aromatic carbocycles. The third-order valence-electron chi connectivity index (χ3n) is 5.35. The number of fused-ring (bicyclic) bond motifs is 1. The number of amides is 1. The molecule has 3 aromatic rings. The van der Waals surface area contributed by atoms with Crippen LogP contribution in [-0.4, -0.2) is 36.3 Å². The molecule has 1 heterocycles. The van der Waals surface area contributed by atoms with Gasteiger partial charge in [-0.25, -0.2) is 8.42 Å². The van der Waals surface area contributed by atoms with Gasteiger partial charge in [-0.1, -0.05) is 13.8 Å². The summed E-state index contributed by atoms with van der Waals surface area (Å²) in [5, 5.41) is 3.25. The quantitative estimate of drug-likeness (QED) is 0.607. The molecule has 164 valence electrons. The molecule has 0 saturated heterocycles. The zero-order valence-corrected chi connectivity index (χ0v) is 19.0. The third-order valence-corrected chi connectivity index (χ3v) is 7.42. The van der Waals surface area contributed by atoms with E-state index in [4.69, 9.17) is 0 Å². The highest BCUT2D eigenvalue weighted by Gasteiger charge is 2.21. The van der Waals surface area contributed by atoms with E-state index in [1.165, 1.54) is 16.4 Å². The maximum atomic E-state index is 12.7. The molecule has 0 unspecified atom stereocenters. The standard InChI is InChI=1S/C23H27N3O4S/c1-5-25(6-2)31(29,30)19-11-9-18(10-12-19)24-23(28)17-8-13-21-20(15-17)22(27)14-16(4)26(21)7-3/h8-15H,5-7H2,1-4H3,(H,24,28). The van der Waals surface area contributed by atoms with E-state index in [2.05, 4.69) is 5.32 Å². The topological polar surface area (TPSA) is 88.5 Å². The van der Waals surface area contributed by atoms with Gasteiger partial charge in [0.05, 0.1) is 10.4 Å². The van der Waals surface area contributed by atoms with Gasteiger partial charge in [-0.2, -0.15) is 4.31 Å². The van der Waals surface area contributed by atoms with Crippen molar-refractivity contribution in [2.45, 2.75) is 39.1 Å². The normalized spacial score (nSPS) is 11.8. The number of rotatable bonds is 7. The van der Waals surface area contributed by atoms with Gasteiger partial charge in [0, 0.05) is 48.0 Å². The molecule has 0 aliphatic carbocycles. The maximum Gasteiger partial charge on any atom is 0.255 e. The number of hydrogen-bond acceptors (Lipinski definition) is 4. The minimum absolute atomic E-state index is 0.127. The molecule has 1 aromatic heterocycles. The molecule has 0 aliphatic rings. The Morgan fingerprint density at radius 3 is 2.23 bits per heavy atom. The molecule has 8 heteroatoms. The summed E-state index contributed by atoms with van der Waals surface area (Å²) in [5.74, 6) is -0.371. The number of anilines is 1. The largest absolute Gasteiger partial charge is 0.345 e. The number of nitrogens with zero attached hydrogens (tertiary/aromatic N) is 2. The van der Waals surface area contributed by atoms with Gasteiger partial charge in [0.2, 0.25) is 10.0 Å². The fourth-order valence-corrected chi connectivity index (χ4v) is 5.15. The van der Waals surface area contributed by atoms with Gasteiger partial charge in [0.25, 0.3) is 5.91 Å². The Kier molecular flexibility index (Phi) is 6.62. The van der Waals surface area contributed by atoms with Crippen molar-refractivity contribution in [1.29, 1.82) is 0 Å². The number of aromatic nitrogens is 1. The molecule has 0 spiro atoms. The van der Waals surface area contributed by atoms with Crippen molar-refractivity contribution in [2.75, 3.05) is 18.4 Å². The smallest absolute Gasteiger partial charge is 0.255 e. The number of carbonyl (C=O) groups excluding carboxylic acids is 1. The van der Waals surface area contributed by atoms with Crippen LogP contribution in [0, 0.1) is 6.92 Å². The van der Waals surface area contributed by atoms with Crippen LogP contribution in [-0.2, 0) is 16.6 Å². The Morgan fingerprint density at radius 1 is 1.00 bits per heavy atom. The lowest BCUT2D eigenvalue weighted by Crippen LogP contribution is -2.30. The van der Waals surface area contributed by atoms with Crippen molar-refractivity contribution in [3.8, 4) is 0 Å². The second kappa shape index (κ2) is 9.03. The Bertz CT molecular complexity index is 1270. The first-order valence-electron chi connectivity index (χ1n) is 10.3. The van der Waals surface area contributed by atoms with Crippen molar-refractivity contribution in [2.24, 2.45) is 0 Å². The molecule has 7 nitrogen and oxygen atoms in total. The average Bonchev–Trinajstić information content (AvgIpc) is 2.75. The van der Waals surface area contributed by atoms with Crippen molar-refractivity contribution in [1.82, 2.24) is 8.87 Å². The molecule has 1 amide bonds. The predicted octanol–water partition coefficient (Wildman–Crippen LogP) is 3.61. The van der Waals surface area contributed by atoms with Crippen molar-refractivity contribution < 1.29 is 13.2 Å². The first-order chi connectivity index (χ1) is 14.7. The number of hydrogen-bond donors (Lipinski definition) is 1. The van der Waals surface area contributed by atoms with E-state index in [0.717, 1.165) is 17.8 Å². The minimum Gasteiger partial charge on any atom is -0.345 e. The molecule has 3 rings (SSSR count). The van der Waals surface area contributed by atoms with Gasteiger partial charge < -0.3 is 9.88 Å². The first kappa shape index (κ1) is 22.7. The van der Waals surface area contributed by atoms with Crippen molar-refractivity contribution in [3.63, 3.8) is 0 Å². The Hall–Kier alpha value is -2.97. The molecule has 0 saturated carbocycles. The van der Waals surface area contributed by atoms with E-state index in [9.17, 15) is 18.0 Å². The van der Waals surface area contributed by atoms with Crippen LogP contribution in [0.1, 0.15) is 36.8 Å². The van der Waals surface area contributed by atoms with E-state index in [1.807, 2.05) is 18.4 Å². The lowest BCUT2D eigenvalue weighted by atomic mass is 10.1. The number of aryl methyl sites for hydroxylation is 2. The van der Waals surface area contributed by atoms with Crippen LogP contribution in [0.5, 0.6) is 0 Å². The monoisotopic (exact) mass is 441 g/mol. The second-order valence-electron chi connectivity index (χ2n) is 7.19. The zero-order chi connectivity index (χ0) is 22.8. The molecular formula is C23H27N3O4S. The zero-order valence-electron chi connectivity index (χ0n) is 18.2. The van der Waals surface area contributed by atoms with E-state index < -0.39 is 10.0 Å². The number of carbonyl (C=O) groups is 1. The van der Waals surface area contributed by atoms with Gasteiger partial charge in [-0.05, 0) is 56.3 Å². The lowest BCUT2D eigenvalue weighted by Gasteiger charge is -2.18. The van der Waals surface area contributed by atoms with Crippen LogP contribution < -0.4 is 10.7 Å². The third kappa shape index (κ3) is 4.40. The lowest BCUT2D eigenvalue weighted by molar-refractivity contribution is 0.102. The molecular weight excluding hydrogens is 414 g/mol. The summed E-state index contributed by atoms with van der Waals surface area (Å²) in [6, 6.07) is 12.7. The summed E-state index contributed by atoms with van der Waals surface area (Å²) in [7, 11) is -3.55. The van der Waals surface area contributed by atoms with E-state index in [0.29, 0.717) is 29.7 Å². The van der Waals surface area contributed by atoms with Gasteiger partial charge in [0.1, 0.15) is 0 Å².